The monoisotopic (exact) mass is 653 g/mol. The van der Waals surface area contributed by atoms with E-state index in [4.69, 9.17) is 21.1 Å². The Morgan fingerprint density at radius 2 is 1.55 bits per heavy atom. The van der Waals surface area contributed by atoms with Crippen LogP contribution in [0.5, 0.6) is 0 Å². The second-order valence-corrected chi connectivity index (χ2v) is 12.2. The molecule has 49 heavy (non-hydrogen) atoms. The molecular formula is C39H39N7O3. The molecule has 0 unspecified atom stereocenters. The SMILES string of the molecule is C#CCCC1(CCCC(=O)c2ccc(CC(=O)Cc3ccc(Nc4nc(/C=C/c5ccccc5)nc(N5CCOCC5)n4)cc3)cc2)N=N1. The van der Waals surface area contributed by atoms with Crippen LogP contribution in [0.3, 0.4) is 0 Å². The molecule has 2 aliphatic heterocycles. The zero-order chi connectivity index (χ0) is 33.9. The molecule has 0 bridgehead atoms. The van der Waals surface area contributed by atoms with Crippen LogP contribution in [0, 0.1) is 12.3 Å². The number of hydrogen-bond donors (Lipinski definition) is 1. The first-order valence-electron chi connectivity index (χ1n) is 16.7. The number of Topliss-reactive ketones (excluding diaryl/α,β-unsaturated/α-hetero) is 2. The van der Waals surface area contributed by atoms with Gasteiger partial charge in [0.05, 0.1) is 13.2 Å². The summed E-state index contributed by atoms with van der Waals surface area (Å²) in [7, 11) is 0. The number of carbonyl (C=O) groups is 2. The average Bonchev–Trinajstić information content (AvgIpc) is 3.91. The number of benzene rings is 3. The number of aromatic nitrogens is 3. The van der Waals surface area contributed by atoms with Gasteiger partial charge in [-0.3, -0.25) is 9.59 Å². The van der Waals surface area contributed by atoms with Gasteiger partial charge in [0.25, 0.3) is 0 Å². The van der Waals surface area contributed by atoms with Gasteiger partial charge in [0.15, 0.2) is 17.3 Å². The van der Waals surface area contributed by atoms with Crippen molar-refractivity contribution in [2.45, 2.75) is 50.6 Å². The highest BCUT2D eigenvalue weighted by molar-refractivity contribution is 5.96. The quantitative estimate of drug-likeness (QED) is 0.102. The van der Waals surface area contributed by atoms with Gasteiger partial charge in [-0.15, -0.1) is 12.3 Å². The molecule has 1 fully saturated rings. The maximum absolute atomic E-state index is 12.9. The molecule has 0 radical (unpaired) electrons. The van der Waals surface area contributed by atoms with Crippen molar-refractivity contribution < 1.29 is 14.3 Å². The summed E-state index contributed by atoms with van der Waals surface area (Å²) in [5.41, 5.74) is 3.93. The normalized spacial score (nSPS) is 14.8. The average molecular weight is 654 g/mol. The van der Waals surface area contributed by atoms with Crippen LogP contribution in [0.4, 0.5) is 17.6 Å². The molecule has 0 saturated carbocycles. The lowest BCUT2D eigenvalue weighted by Gasteiger charge is -2.27. The molecule has 1 N–H and O–H groups in total. The minimum Gasteiger partial charge on any atom is -0.378 e. The van der Waals surface area contributed by atoms with E-state index < -0.39 is 0 Å². The summed E-state index contributed by atoms with van der Waals surface area (Å²) in [4.78, 5) is 41.7. The minimum absolute atomic E-state index is 0.0775. The number of morpholine rings is 1. The van der Waals surface area contributed by atoms with E-state index >= 15 is 0 Å². The topological polar surface area (TPSA) is 122 Å². The Bertz CT molecular complexity index is 1840. The maximum Gasteiger partial charge on any atom is 0.232 e. The molecule has 248 valence electrons. The third-order valence-electron chi connectivity index (χ3n) is 8.48. The van der Waals surface area contributed by atoms with Gasteiger partial charge in [-0.25, -0.2) is 0 Å². The number of ether oxygens (including phenoxy) is 1. The first kappa shape index (κ1) is 33.4. The van der Waals surface area contributed by atoms with Gasteiger partial charge >= 0.3 is 0 Å². The number of nitrogens with zero attached hydrogens (tertiary/aromatic N) is 6. The molecule has 0 atom stereocenters. The van der Waals surface area contributed by atoms with Crippen LogP contribution in [0.1, 0.15) is 65.0 Å². The van der Waals surface area contributed by atoms with Crippen molar-refractivity contribution in [3.05, 3.63) is 107 Å². The van der Waals surface area contributed by atoms with Crippen molar-refractivity contribution in [1.29, 1.82) is 0 Å². The molecule has 0 spiro atoms. The third kappa shape index (κ3) is 9.75. The van der Waals surface area contributed by atoms with E-state index in [-0.39, 0.29) is 17.2 Å². The van der Waals surface area contributed by atoms with Crippen LogP contribution in [-0.2, 0) is 22.4 Å². The number of ketones is 2. The molecule has 1 aromatic heterocycles. The molecule has 2 aliphatic rings. The van der Waals surface area contributed by atoms with Crippen LogP contribution in [0.15, 0.2) is 89.1 Å². The van der Waals surface area contributed by atoms with E-state index in [1.807, 2.05) is 78.9 Å². The number of terminal acetylenes is 1. The second-order valence-electron chi connectivity index (χ2n) is 12.2. The fraction of sp³-hybridized carbons (Fsp3) is 0.308. The number of rotatable bonds is 16. The number of nitrogens with one attached hydrogen (secondary N) is 1. The molecule has 3 heterocycles. The summed E-state index contributed by atoms with van der Waals surface area (Å²) in [6, 6.07) is 25.0. The fourth-order valence-electron chi connectivity index (χ4n) is 5.66. The lowest BCUT2D eigenvalue weighted by molar-refractivity contribution is -0.117. The Kier molecular flexibility index (Phi) is 10.9. The van der Waals surface area contributed by atoms with Crippen LogP contribution >= 0.6 is 0 Å². The van der Waals surface area contributed by atoms with Gasteiger partial charge in [0.1, 0.15) is 5.78 Å². The molecule has 6 rings (SSSR count). The molecule has 4 aromatic rings. The predicted octanol–water partition coefficient (Wildman–Crippen LogP) is 6.91. The summed E-state index contributed by atoms with van der Waals surface area (Å²) >= 11 is 0. The zero-order valence-electron chi connectivity index (χ0n) is 27.4. The summed E-state index contributed by atoms with van der Waals surface area (Å²) < 4.78 is 5.51. The molecule has 10 nitrogen and oxygen atoms in total. The number of hydrogen-bond acceptors (Lipinski definition) is 10. The van der Waals surface area contributed by atoms with Gasteiger partial charge in [-0.05, 0) is 47.7 Å². The first-order valence-corrected chi connectivity index (χ1v) is 16.7. The van der Waals surface area contributed by atoms with Crippen LogP contribution in [0.2, 0.25) is 0 Å². The largest absolute Gasteiger partial charge is 0.378 e. The number of carbonyl (C=O) groups excluding carboxylic acids is 2. The first-order chi connectivity index (χ1) is 24.0. The van der Waals surface area contributed by atoms with Gasteiger partial charge in [-0.2, -0.15) is 25.2 Å². The van der Waals surface area contributed by atoms with E-state index in [1.54, 1.807) is 12.1 Å². The highest BCUT2D eigenvalue weighted by Crippen LogP contribution is 2.38. The van der Waals surface area contributed by atoms with Gasteiger partial charge in [0, 0.05) is 56.4 Å². The van der Waals surface area contributed by atoms with E-state index in [0.717, 1.165) is 35.2 Å². The highest BCUT2D eigenvalue weighted by atomic mass is 16.5. The molecule has 1 saturated heterocycles. The summed E-state index contributed by atoms with van der Waals surface area (Å²) in [6.07, 6.45) is 13.1. The number of anilines is 3. The fourth-order valence-corrected chi connectivity index (χ4v) is 5.66. The zero-order valence-corrected chi connectivity index (χ0v) is 27.4. The molecule has 0 amide bonds. The predicted molar refractivity (Wildman–Crippen MR) is 191 cm³/mol. The molecule has 10 heteroatoms. The Morgan fingerprint density at radius 3 is 2.22 bits per heavy atom. The van der Waals surface area contributed by atoms with E-state index in [2.05, 4.69) is 31.3 Å². The van der Waals surface area contributed by atoms with Gasteiger partial charge in [-0.1, -0.05) is 72.8 Å². The smallest absolute Gasteiger partial charge is 0.232 e. The second kappa shape index (κ2) is 16.0. The summed E-state index contributed by atoms with van der Waals surface area (Å²) in [6.45, 7) is 2.66. The van der Waals surface area contributed by atoms with Crippen molar-refractivity contribution in [2.24, 2.45) is 10.2 Å². The standard InChI is InChI=1S/C39H39N7O3/c1-2-3-21-39(44-45-39)22-7-10-35(48)32-16-11-30(12-17-32)27-34(47)28-31-13-18-33(19-14-31)40-37-41-36(20-15-29-8-5-4-6-9-29)42-38(43-37)46-23-25-49-26-24-46/h1,4-6,8-9,11-20H,3,7,10,21-28H2,(H,40,41,42,43)/b20-15+. The molecule has 3 aromatic carbocycles. The van der Waals surface area contributed by atoms with Crippen molar-refractivity contribution in [2.75, 3.05) is 36.5 Å². The Labute approximate surface area is 286 Å². The van der Waals surface area contributed by atoms with Crippen molar-refractivity contribution in [1.82, 2.24) is 15.0 Å². The third-order valence-corrected chi connectivity index (χ3v) is 8.48. The van der Waals surface area contributed by atoms with E-state index in [9.17, 15) is 9.59 Å². The maximum atomic E-state index is 12.9. The summed E-state index contributed by atoms with van der Waals surface area (Å²) in [5.74, 6) is 4.38. The molecule has 0 aliphatic carbocycles. The van der Waals surface area contributed by atoms with Crippen molar-refractivity contribution in [3.63, 3.8) is 0 Å². The molecular weight excluding hydrogens is 614 g/mol. The lowest BCUT2D eigenvalue weighted by atomic mass is 9.97. The van der Waals surface area contributed by atoms with Crippen LogP contribution in [-0.4, -0.2) is 58.5 Å². The minimum atomic E-state index is -0.362. The van der Waals surface area contributed by atoms with Crippen LogP contribution < -0.4 is 10.2 Å². The van der Waals surface area contributed by atoms with Crippen molar-refractivity contribution in [3.8, 4) is 12.3 Å². The van der Waals surface area contributed by atoms with Crippen LogP contribution in [0.25, 0.3) is 12.2 Å². The Hall–Kier alpha value is -5.53. The van der Waals surface area contributed by atoms with Gasteiger partial charge in [0.2, 0.25) is 11.9 Å². The Balaban J connectivity index is 1.02. The van der Waals surface area contributed by atoms with Gasteiger partial charge < -0.3 is 15.0 Å². The summed E-state index contributed by atoms with van der Waals surface area (Å²) in [5, 5.41) is 11.6. The van der Waals surface area contributed by atoms with E-state index in [1.165, 1.54) is 0 Å². The van der Waals surface area contributed by atoms with E-state index in [0.29, 0.717) is 81.7 Å². The Morgan fingerprint density at radius 1 is 0.857 bits per heavy atom. The van der Waals surface area contributed by atoms with Crippen molar-refractivity contribution >= 4 is 41.3 Å². The lowest BCUT2D eigenvalue weighted by Crippen LogP contribution is -2.37. The highest BCUT2D eigenvalue weighted by Gasteiger charge is 2.38.